The van der Waals surface area contributed by atoms with Crippen LogP contribution in [0.25, 0.3) is 21.8 Å². The molecule has 3 aromatic heterocycles. The molecule has 4 heterocycles. The second kappa shape index (κ2) is 8.08. The van der Waals surface area contributed by atoms with Crippen molar-refractivity contribution >= 4 is 45.1 Å². The molecule has 9 nitrogen and oxygen atoms in total. The highest BCUT2D eigenvalue weighted by atomic mass is 35.5. The molecule has 5 rings (SSSR count). The van der Waals surface area contributed by atoms with Gasteiger partial charge in [0.1, 0.15) is 23.4 Å². The van der Waals surface area contributed by atoms with Crippen LogP contribution in [-0.4, -0.2) is 62.1 Å². The number of carbonyl (C=O) groups excluding carboxylic acids is 1. The summed E-state index contributed by atoms with van der Waals surface area (Å²) in [6, 6.07) is 3.69. The second-order valence-electron chi connectivity index (χ2n) is 7.47. The first-order chi connectivity index (χ1) is 15.6. The van der Waals surface area contributed by atoms with Crippen molar-refractivity contribution in [2.24, 2.45) is 0 Å². The van der Waals surface area contributed by atoms with Gasteiger partial charge in [-0.2, -0.15) is 5.10 Å². The highest BCUT2D eigenvalue weighted by molar-refractivity contribution is 6.32. The Balaban J connectivity index is 1.51. The first kappa shape index (κ1) is 20.2. The molecular weight excluding hydrogens is 430 g/mol. The fourth-order valence-corrected chi connectivity index (χ4v) is 4.10. The third-order valence-corrected chi connectivity index (χ3v) is 6.04. The maximum Gasteiger partial charge on any atom is 0.246 e. The molecule has 0 spiro atoms. The Bertz CT molecular complexity index is 1350. The molecule has 162 valence electrons. The quantitative estimate of drug-likeness (QED) is 0.476. The molecule has 0 saturated carbocycles. The molecule has 1 fully saturated rings. The molecule has 1 saturated heterocycles. The van der Waals surface area contributed by atoms with Crippen molar-refractivity contribution in [1.29, 1.82) is 0 Å². The van der Waals surface area contributed by atoms with Crippen molar-refractivity contribution in [3.05, 3.63) is 54.1 Å². The summed E-state index contributed by atoms with van der Waals surface area (Å²) in [7, 11) is 0. The maximum absolute atomic E-state index is 11.9. The minimum Gasteiger partial charge on any atom is -0.436 e. The molecule has 4 aromatic rings. The Kier molecular flexibility index (Phi) is 5.10. The van der Waals surface area contributed by atoms with Crippen molar-refractivity contribution in [2.75, 3.05) is 31.1 Å². The van der Waals surface area contributed by atoms with E-state index in [0.29, 0.717) is 48.3 Å². The first-order valence-corrected chi connectivity index (χ1v) is 10.5. The normalized spacial score (nSPS) is 14.2. The Morgan fingerprint density at radius 1 is 1.22 bits per heavy atom. The lowest BCUT2D eigenvalue weighted by Gasteiger charge is -2.35. The number of fused-ring (bicyclic) bond motifs is 2. The zero-order valence-electron chi connectivity index (χ0n) is 17.4. The van der Waals surface area contributed by atoms with E-state index >= 15 is 0 Å². The largest absolute Gasteiger partial charge is 0.436 e. The number of H-pyrrole nitrogens is 1. The summed E-state index contributed by atoms with van der Waals surface area (Å²) in [6.07, 6.45) is 6.23. The number of amides is 1. The average molecular weight is 450 g/mol. The van der Waals surface area contributed by atoms with Crippen LogP contribution < -0.4 is 9.64 Å². The number of hydrogen-bond donors (Lipinski definition) is 1. The van der Waals surface area contributed by atoms with Crippen molar-refractivity contribution in [2.45, 2.75) is 6.92 Å². The summed E-state index contributed by atoms with van der Waals surface area (Å²) in [4.78, 5) is 29.2. The van der Waals surface area contributed by atoms with Gasteiger partial charge in [0.15, 0.2) is 0 Å². The topological polar surface area (TPSA) is 100 Å². The molecule has 1 amide bonds. The number of carbonyl (C=O) groups is 1. The van der Waals surface area contributed by atoms with Crippen LogP contribution in [0.2, 0.25) is 5.02 Å². The van der Waals surface area contributed by atoms with Gasteiger partial charge in [-0.25, -0.2) is 15.0 Å². The summed E-state index contributed by atoms with van der Waals surface area (Å²) in [5.74, 6) is 1.67. The number of hydrogen-bond acceptors (Lipinski definition) is 7. The minimum atomic E-state index is -0.0560. The van der Waals surface area contributed by atoms with Crippen LogP contribution >= 0.6 is 11.6 Å². The highest BCUT2D eigenvalue weighted by Crippen LogP contribution is 2.38. The predicted molar refractivity (Wildman–Crippen MR) is 122 cm³/mol. The number of halogens is 1. The van der Waals surface area contributed by atoms with Crippen LogP contribution in [0.3, 0.4) is 0 Å². The number of nitrogens with zero attached hydrogens (tertiary/aromatic N) is 6. The Hall–Kier alpha value is -3.72. The molecule has 32 heavy (non-hydrogen) atoms. The molecular formula is C22H20ClN7O2. The van der Waals surface area contributed by atoms with Crippen molar-refractivity contribution < 1.29 is 9.53 Å². The van der Waals surface area contributed by atoms with E-state index in [1.807, 2.05) is 19.1 Å². The van der Waals surface area contributed by atoms with Crippen LogP contribution in [-0.2, 0) is 4.79 Å². The number of benzene rings is 1. The highest BCUT2D eigenvalue weighted by Gasteiger charge is 2.23. The fraction of sp³-hybridized carbons (Fsp3) is 0.227. The zero-order valence-corrected chi connectivity index (χ0v) is 18.1. The summed E-state index contributed by atoms with van der Waals surface area (Å²) in [6.45, 7) is 7.98. The molecule has 0 radical (unpaired) electrons. The van der Waals surface area contributed by atoms with E-state index in [0.717, 1.165) is 27.7 Å². The van der Waals surface area contributed by atoms with Crippen molar-refractivity contribution in [3.8, 4) is 11.6 Å². The van der Waals surface area contributed by atoms with Crippen molar-refractivity contribution in [1.82, 2.24) is 30.0 Å². The number of aromatic amines is 1. The van der Waals surface area contributed by atoms with Gasteiger partial charge in [-0.05, 0) is 25.1 Å². The smallest absolute Gasteiger partial charge is 0.246 e. The monoisotopic (exact) mass is 449 g/mol. The Morgan fingerprint density at radius 3 is 2.81 bits per heavy atom. The number of pyridine rings is 1. The number of rotatable bonds is 4. The van der Waals surface area contributed by atoms with Crippen LogP contribution in [0.4, 0.5) is 5.82 Å². The van der Waals surface area contributed by atoms with Gasteiger partial charge in [0, 0.05) is 48.3 Å². The number of ether oxygens (including phenoxy) is 1. The standard InChI is InChI=1S/C22H20ClN7O2/c1-3-18(31)29-6-8-30(9-7-29)21-14-4-5-24-22(19(14)25-12-26-21)32-20-13(2)16(23)10-17-15(20)11-27-28-17/h3-5,10-12H,1,6-9H2,2H3,(H,27,28). The third kappa shape index (κ3) is 3.40. The lowest BCUT2D eigenvalue weighted by molar-refractivity contribution is -0.126. The van der Waals surface area contributed by atoms with E-state index in [1.54, 1.807) is 17.3 Å². The Morgan fingerprint density at radius 2 is 2.03 bits per heavy atom. The van der Waals surface area contributed by atoms with Gasteiger partial charge in [0.25, 0.3) is 0 Å². The van der Waals surface area contributed by atoms with E-state index in [-0.39, 0.29) is 5.91 Å². The fourth-order valence-electron chi connectivity index (χ4n) is 3.91. The molecule has 0 atom stereocenters. The molecule has 10 heteroatoms. The molecule has 0 aliphatic carbocycles. The SMILES string of the molecule is C=CC(=O)N1CCN(c2ncnc3c(Oc4c(C)c(Cl)cc5[nH]ncc45)nccc23)CC1. The van der Waals surface area contributed by atoms with Crippen LogP contribution in [0.5, 0.6) is 11.6 Å². The zero-order chi connectivity index (χ0) is 22.2. The summed E-state index contributed by atoms with van der Waals surface area (Å²) in [5, 5.41) is 9.22. The average Bonchev–Trinajstić information content (AvgIpc) is 3.29. The van der Waals surface area contributed by atoms with E-state index in [1.165, 1.54) is 12.4 Å². The van der Waals surface area contributed by atoms with Gasteiger partial charge in [-0.3, -0.25) is 9.89 Å². The van der Waals surface area contributed by atoms with Crippen LogP contribution in [0.15, 0.2) is 43.5 Å². The van der Waals surface area contributed by atoms with Gasteiger partial charge >= 0.3 is 0 Å². The maximum atomic E-state index is 11.9. The summed E-state index contributed by atoms with van der Waals surface area (Å²) < 4.78 is 6.25. The second-order valence-corrected chi connectivity index (χ2v) is 7.88. The molecule has 0 unspecified atom stereocenters. The van der Waals surface area contributed by atoms with Gasteiger partial charge in [0.2, 0.25) is 11.8 Å². The lowest BCUT2D eigenvalue weighted by Crippen LogP contribution is -2.48. The number of nitrogens with one attached hydrogen (secondary N) is 1. The van der Waals surface area contributed by atoms with E-state index in [9.17, 15) is 4.79 Å². The molecule has 1 aromatic carbocycles. The van der Waals surface area contributed by atoms with Gasteiger partial charge in [0.05, 0.1) is 17.1 Å². The molecule has 1 aliphatic heterocycles. The Labute approximate surface area is 188 Å². The van der Waals surface area contributed by atoms with Gasteiger partial charge in [-0.1, -0.05) is 18.2 Å². The predicted octanol–water partition coefficient (Wildman–Crippen LogP) is 3.49. The number of anilines is 1. The number of aromatic nitrogens is 5. The van der Waals surface area contributed by atoms with Gasteiger partial charge in [-0.15, -0.1) is 0 Å². The third-order valence-electron chi connectivity index (χ3n) is 5.65. The van der Waals surface area contributed by atoms with Crippen LogP contribution in [0, 0.1) is 6.92 Å². The van der Waals surface area contributed by atoms with Crippen molar-refractivity contribution in [3.63, 3.8) is 0 Å². The van der Waals surface area contributed by atoms with E-state index < -0.39 is 0 Å². The molecule has 1 N–H and O–H groups in total. The molecule has 0 bridgehead atoms. The minimum absolute atomic E-state index is 0.0560. The van der Waals surface area contributed by atoms with E-state index in [2.05, 4.69) is 36.6 Å². The summed E-state index contributed by atoms with van der Waals surface area (Å²) >= 11 is 6.39. The summed E-state index contributed by atoms with van der Waals surface area (Å²) in [5.41, 5.74) is 2.16. The number of piperazine rings is 1. The first-order valence-electron chi connectivity index (χ1n) is 10.1. The lowest BCUT2D eigenvalue weighted by atomic mass is 10.1. The van der Waals surface area contributed by atoms with Crippen LogP contribution in [0.1, 0.15) is 5.56 Å². The van der Waals surface area contributed by atoms with Gasteiger partial charge < -0.3 is 14.5 Å². The molecule has 1 aliphatic rings. The van der Waals surface area contributed by atoms with E-state index in [4.69, 9.17) is 16.3 Å².